The molecule has 124 valence electrons. The van der Waals surface area contributed by atoms with Crippen LogP contribution in [-0.2, 0) is 6.42 Å². The van der Waals surface area contributed by atoms with Gasteiger partial charge in [-0.2, -0.15) is 0 Å². The fourth-order valence-electron chi connectivity index (χ4n) is 3.08. The third kappa shape index (κ3) is 3.31. The number of para-hydroxylation sites is 1. The van der Waals surface area contributed by atoms with Gasteiger partial charge in [0.05, 0.1) is 12.7 Å². The van der Waals surface area contributed by atoms with Crippen molar-refractivity contribution in [2.75, 3.05) is 7.11 Å². The molecule has 0 amide bonds. The van der Waals surface area contributed by atoms with Gasteiger partial charge in [-0.05, 0) is 50.1 Å². The van der Waals surface area contributed by atoms with Crippen molar-refractivity contribution in [3.63, 3.8) is 0 Å². The Morgan fingerprint density at radius 3 is 2.75 bits per heavy atom. The number of benzene rings is 2. The van der Waals surface area contributed by atoms with E-state index in [2.05, 4.69) is 19.2 Å². The molecule has 0 bridgehead atoms. The second kappa shape index (κ2) is 6.33. The lowest BCUT2D eigenvalue weighted by Crippen LogP contribution is -2.43. The average Bonchev–Trinajstić information content (AvgIpc) is 2.54. The van der Waals surface area contributed by atoms with Gasteiger partial charge in [-0.25, -0.2) is 0 Å². The van der Waals surface area contributed by atoms with Crippen molar-refractivity contribution in [3.05, 3.63) is 70.3 Å². The summed E-state index contributed by atoms with van der Waals surface area (Å²) >= 11 is 6.15. The molecule has 1 aliphatic heterocycles. The van der Waals surface area contributed by atoms with Crippen LogP contribution in [0.15, 0.2) is 48.5 Å². The molecule has 0 unspecified atom stereocenters. The molecule has 3 nitrogen and oxygen atoms in total. The van der Waals surface area contributed by atoms with Crippen LogP contribution in [0.5, 0.6) is 5.75 Å². The number of halogens is 1. The molecule has 0 saturated heterocycles. The first-order valence-corrected chi connectivity index (χ1v) is 8.23. The molecular weight excluding hydrogens is 322 g/mol. The lowest BCUT2D eigenvalue weighted by atomic mass is 9.85. The number of carbonyl (C=O) groups excluding carboxylic acids is 1. The number of methoxy groups -OCH3 is 1. The Bertz CT molecular complexity index is 824. The first-order chi connectivity index (χ1) is 11.4. The highest BCUT2D eigenvalue weighted by Crippen LogP contribution is 2.32. The van der Waals surface area contributed by atoms with Gasteiger partial charge in [-0.3, -0.25) is 4.79 Å². The molecule has 1 heterocycles. The molecule has 0 atom stereocenters. The Morgan fingerprint density at radius 2 is 2.00 bits per heavy atom. The van der Waals surface area contributed by atoms with E-state index < -0.39 is 0 Å². The number of nitrogens with one attached hydrogen (secondary N) is 1. The van der Waals surface area contributed by atoms with Crippen molar-refractivity contribution in [1.29, 1.82) is 0 Å². The quantitative estimate of drug-likeness (QED) is 0.660. The van der Waals surface area contributed by atoms with Gasteiger partial charge in [0.25, 0.3) is 0 Å². The van der Waals surface area contributed by atoms with Gasteiger partial charge in [-0.1, -0.05) is 29.8 Å². The number of hydrogen-bond acceptors (Lipinski definition) is 3. The van der Waals surface area contributed by atoms with E-state index in [1.165, 1.54) is 5.56 Å². The molecule has 0 radical (unpaired) electrons. The first kappa shape index (κ1) is 16.6. The molecule has 3 rings (SSSR count). The van der Waals surface area contributed by atoms with Crippen LogP contribution < -0.4 is 10.1 Å². The number of allylic oxidation sites excluding steroid dienone is 1. The standard InChI is InChI=1S/C20H20ClNO2/c1-20(2)12-13-8-9-14(21)10-16(13)17(22-20)11-18(23)15-6-4-5-7-19(15)24-3/h4-11,22H,12H2,1-3H3/b17-11-. The largest absolute Gasteiger partial charge is 0.496 e. The number of ketones is 1. The van der Waals surface area contributed by atoms with E-state index in [0.717, 1.165) is 17.7 Å². The number of rotatable bonds is 3. The van der Waals surface area contributed by atoms with Crippen molar-refractivity contribution < 1.29 is 9.53 Å². The zero-order valence-electron chi connectivity index (χ0n) is 14.0. The highest BCUT2D eigenvalue weighted by Gasteiger charge is 2.28. The van der Waals surface area contributed by atoms with Crippen LogP contribution in [-0.4, -0.2) is 18.4 Å². The molecular formula is C20H20ClNO2. The monoisotopic (exact) mass is 341 g/mol. The molecule has 0 aromatic heterocycles. The number of fused-ring (bicyclic) bond motifs is 1. The van der Waals surface area contributed by atoms with Crippen molar-refractivity contribution >= 4 is 23.1 Å². The van der Waals surface area contributed by atoms with Crippen LogP contribution in [0.3, 0.4) is 0 Å². The van der Waals surface area contributed by atoms with E-state index in [1.807, 2.05) is 30.3 Å². The average molecular weight is 342 g/mol. The Morgan fingerprint density at radius 1 is 1.25 bits per heavy atom. The summed E-state index contributed by atoms with van der Waals surface area (Å²) < 4.78 is 5.29. The van der Waals surface area contributed by atoms with Gasteiger partial charge in [0, 0.05) is 27.9 Å². The maximum Gasteiger partial charge on any atom is 0.191 e. The summed E-state index contributed by atoms with van der Waals surface area (Å²) in [5, 5.41) is 4.11. The molecule has 2 aromatic carbocycles. The van der Waals surface area contributed by atoms with E-state index in [-0.39, 0.29) is 11.3 Å². The molecule has 4 heteroatoms. The smallest absolute Gasteiger partial charge is 0.191 e. The molecule has 1 N–H and O–H groups in total. The van der Waals surface area contributed by atoms with Crippen molar-refractivity contribution in [2.24, 2.45) is 0 Å². The third-order valence-corrected chi connectivity index (χ3v) is 4.35. The summed E-state index contributed by atoms with van der Waals surface area (Å²) in [4.78, 5) is 12.8. The van der Waals surface area contributed by atoms with Crippen molar-refractivity contribution in [2.45, 2.75) is 25.8 Å². The molecule has 1 aliphatic rings. The van der Waals surface area contributed by atoms with Gasteiger partial charge < -0.3 is 10.1 Å². The summed E-state index contributed by atoms with van der Waals surface area (Å²) in [7, 11) is 1.57. The lowest BCUT2D eigenvalue weighted by Gasteiger charge is -2.35. The Labute approximate surface area is 147 Å². The molecule has 0 saturated carbocycles. The van der Waals surface area contributed by atoms with E-state index in [4.69, 9.17) is 16.3 Å². The highest BCUT2D eigenvalue weighted by atomic mass is 35.5. The maximum absolute atomic E-state index is 12.8. The number of hydrogen-bond donors (Lipinski definition) is 1. The van der Waals surface area contributed by atoms with Crippen LogP contribution >= 0.6 is 11.6 Å². The number of ether oxygens (including phenoxy) is 1. The lowest BCUT2D eigenvalue weighted by molar-refractivity contribution is 0.104. The minimum Gasteiger partial charge on any atom is -0.496 e. The summed E-state index contributed by atoms with van der Waals surface area (Å²) in [6.45, 7) is 4.23. The van der Waals surface area contributed by atoms with Gasteiger partial charge in [-0.15, -0.1) is 0 Å². The first-order valence-electron chi connectivity index (χ1n) is 7.86. The van der Waals surface area contributed by atoms with Crippen LogP contribution in [0.2, 0.25) is 5.02 Å². The van der Waals surface area contributed by atoms with E-state index in [0.29, 0.717) is 16.3 Å². The fourth-order valence-corrected chi connectivity index (χ4v) is 3.25. The fraction of sp³-hybridized carbons (Fsp3) is 0.250. The van der Waals surface area contributed by atoms with Gasteiger partial charge >= 0.3 is 0 Å². The van der Waals surface area contributed by atoms with Crippen LogP contribution in [0.4, 0.5) is 0 Å². The Hall–Kier alpha value is -2.26. The van der Waals surface area contributed by atoms with E-state index in [9.17, 15) is 4.79 Å². The normalized spacial score (nSPS) is 17.1. The second-order valence-electron chi connectivity index (χ2n) is 6.61. The zero-order chi connectivity index (χ0) is 17.3. The zero-order valence-corrected chi connectivity index (χ0v) is 14.8. The topological polar surface area (TPSA) is 38.3 Å². The Balaban J connectivity index is 2.06. The summed E-state index contributed by atoms with van der Waals surface area (Å²) in [6, 6.07) is 13.1. The predicted octanol–water partition coefficient (Wildman–Crippen LogP) is 4.50. The van der Waals surface area contributed by atoms with E-state index >= 15 is 0 Å². The predicted molar refractivity (Wildman–Crippen MR) is 97.7 cm³/mol. The van der Waals surface area contributed by atoms with Gasteiger partial charge in [0.15, 0.2) is 5.78 Å². The van der Waals surface area contributed by atoms with Gasteiger partial charge in [0.2, 0.25) is 0 Å². The molecule has 2 aromatic rings. The summed E-state index contributed by atoms with van der Waals surface area (Å²) in [5.41, 5.74) is 3.36. The van der Waals surface area contributed by atoms with Crippen molar-refractivity contribution in [3.8, 4) is 5.75 Å². The Kier molecular flexibility index (Phi) is 4.37. The maximum atomic E-state index is 12.8. The number of carbonyl (C=O) groups is 1. The van der Waals surface area contributed by atoms with Crippen LogP contribution in [0.25, 0.3) is 5.70 Å². The molecule has 0 fully saturated rings. The molecule has 0 spiro atoms. The van der Waals surface area contributed by atoms with Crippen LogP contribution in [0, 0.1) is 0 Å². The second-order valence-corrected chi connectivity index (χ2v) is 7.05. The summed E-state index contributed by atoms with van der Waals surface area (Å²) in [5.74, 6) is 0.472. The van der Waals surface area contributed by atoms with Crippen LogP contribution in [0.1, 0.15) is 35.3 Å². The minimum atomic E-state index is -0.131. The van der Waals surface area contributed by atoms with E-state index in [1.54, 1.807) is 25.3 Å². The van der Waals surface area contributed by atoms with Gasteiger partial charge in [0.1, 0.15) is 5.75 Å². The third-order valence-electron chi connectivity index (χ3n) is 4.12. The SMILES string of the molecule is COc1ccccc1C(=O)/C=C1\NC(C)(C)Cc2ccc(Cl)cc21. The summed E-state index contributed by atoms with van der Waals surface area (Å²) in [6.07, 6.45) is 2.51. The minimum absolute atomic E-state index is 0.0985. The molecule has 24 heavy (non-hydrogen) atoms. The van der Waals surface area contributed by atoms with Crippen molar-refractivity contribution in [1.82, 2.24) is 5.32 Å². The highest BCUT2D eigenvalue weighted by molar-refractivity contribution is 6.30. The molecule has 0 aliphatic carbocycles.